The van der Waals surface area contributed by atoms with Crippen LogP contribution in [0.25, 0.3) is 6.08 Å². The van der Waals surface area contributed by atoms with Crippen LogP contribution in [-0.4, -0.2) is 6.21 Å². The molecule has 0 saturated carbocycles. The second-order valence-electron chi connectivity index (χ2n) is 2.60. The molecule has 0 amide bonds. The van der Waals surface area contributed by atoms with Crippen molar-refractivity contribution < 1.29 is 0 Å². The molecular formula is C12H17N. The standard InChI is InChI=1S/C11H13N.CH4/c1-4-10-8-6-7-9(3)11(10)12-5-2;/h4-8H,1H2,2-3H3;1H4. The number of aryl methyl sites for hydroxylation is 1. The Kier molecular flexibility index (Phi) is 4.75. The summed E-state index contributed by atoms with van der Waals surface area (Å²) in [4.78, 5) is 4.28. The summed E-state index contributed by atoms with van der Waals surface area (Å²) in [6.45, 7) is 7.71. The molecule has 0 aromatic heterocycles. The predicted octanol–water partition coefficient (Wildman–Crippen LogP) is 4.00. The van der Waals surface area contributed by atoms with E-state index in [-0.39, 0.29) is 7.43 Å². The number of hydrogen-bond donors (Lipinski definition) is 0. The average Bonchev–Trinajstić information content (AvgIpc) is 2.09. The summed E-state index contributed by atoms with van der Waals surface area (Å²) in [5, 5.41) is 0. The van der Waals surface area contributed by atoms with E-state index < -0.39 is 0 Å². The monoisotopic (exact) mass is 175 g/mol. The Morgan fingerprint density at radius 1 is 1.38 bits per heavy atom. The minimum Gasteiger partial charge on any atom is -0.261 e. The Labute approximate surface area is 80.8 Å². The lowest BCUT2D eigenvalue weighted by molar-refractivity contribution is 1.39. The Balaban J connectivity index is 0.00000144. The molecular weight excluding hydrogens is 158 g/mol. The second kappa shape index (κ2) is 5.31. The predicted molar refractivity (Wildman–Crippen MR) is 61.8 cm³/mol. The van der Waals surface area contributed by atoms with Crippen LogP contribution in [0.1, 0.15) is 25.5 Å². The summed E-state index contributed by atoms with van der Waals surface area (Å²) in [5.41, 5.74) is 3.30. The highest BCUT2D eigenvalue weighted by molar-refractivity contribution is 5.71. The Morgan fingerprint density at radius 3 is 2.62 bits per heavy atom. The van der Waals surface area contributed by atoms with Gasteiger partial charge in [-0.1, -0.05) is 38.3 Å². The number of para-hydroxylation sites is 1. The van der Waals surface area contributed by atoms with Gasteiger partial charge < -0.3 is 0 Å². The van der Waals surface area contributed by atoms with Crippen LogP contribution in [-0.2, 0) is 0 Å². The van der Waals surface area contributed by atoms with Gasteiger partial charge in [-0.3, -0.25) is 4.99 Å². The highest BCUT2D eigenvalue weighted by atomic mass is 14.7. The van der Waals surface area contributed by atoms with Crippen molar-refractivity contribution in [2.45, 2.75) is 21.3 Å². The summed E-state index contributed by atoms with van der Waals surface area (Å²) >= 11 is 0. The summed E-state index contributed by atoms with van der Waals surface area (Å²) in [5.74, 6) is 0. The lowest BCUT2D eigenvalue weighted by Gasteiger charge is -2.02. The quantitative estimate of drug-likeness (QED) is 0.602. The molecule has 0 heterocycles. The van der Waals surface area contributed by atoms with Gasteiger partial charge in [-0.15, -0.1) is 0 Å². The highest BCUT2D eigenvalue weighted by Crippen LogP contribution is 2.24. The van der Waals surface area contributed by atoms with Gasteiger partial charge in [0.2, 0.25) is 0 Å². The van der Waals surface area contributed by atoms with Crippen molar-refractivity contribution in [1.82, 2.24) is 0 Å². The van der Waals surface area contributed by atoms with Crippen LogP contribution >= 0.6 is 0 Å². The Hall–Kier alpha value is -1.37. The number of rotatable bonds is 2. The molecule has 0 atom stereocenters. The van der Waals surface area contributed by atoms with E-state index in [1.807, 2.05) is 25.1 Å². The molecule has 0 bridgehead atoms. The van der Waals surface area contributed by atoms with Crippen LogP contribution in [0.4, 0.5) is 5.69 Å². The maximum absolute atomic E-state index is 4.28. The number of aliphatic imine (C=N–C) groups is 1. The van der Waals surface area contributed by atoms with E-state index in [0.29, 0.717) is 0 Å². The lowest BCUT2D eigenvalue weighted by Crippen LogP contribution is -1.79. The van der Waals surface area contributed by atoms with E-state index in [1.54, 1.807) is 6.21 Å². The van der Waals surface area contributed by atoms with Gasteiger partial charge in [0.05, 0.1) is 5.69 Å². The zero-order valence-electron chi connectivity index (χ0n) is 7.54. The molecule has 0 N–H and O–H groups in total. The van der Waals surface area contributed by atoms with E-state index in [9.17, 15) is 0 Å². The van der Waals surface area contributed by atoms with Crippen LogP contribution in [0, 0.1) is 6.92 Å². The highest BCUT2D eigenvalue weighted by Gasteiger charge is 1.98. The van der Waals surface area contributed by atoms with Gasteiger partial charge in [0.15, 0.2) is 0 Å². The number of hydrogen-bond acceptors (Lipinski definition) is 1. The molecule has 0 radical (unpaired) electrons. The van der Waals surface area contributed by atoms with Crippen molar-refractivity contribution >= 4 is 18.0 Å². The first-order valence-electron chi connectivity index (χ1n) is 4.00. The first-order chi connectivity index (χ1) is 5.79. The maximum atomic E-state index is 4.28. The average molecular weight is 175 g/mol. The summed E-state index contributed by atoms with van der Waals surface area (Å²) < 4.78 is 0. The van der Waals surface area contributed by atoms with Gasteiger partial charge in [-0.25, -0.2) is 0 Å². The third-order valence-electron chi connectivity index (χ3n) is 1.75. The Morgan fingerprint density at radius 2 is 2.08 bits per heavy atom. The van der Waals surface area contributed by atoms with Crippen LogP contribution in [0.3, 0.4) is 0 Å². The zero-order valence-corrected chi connectivity index (χ0v) is 7.54. The fraction of sp³-hybridized carbons (Fsp3) is 0.250. The molecule has 1 aromatic rings. The molecule has 1 heteroatoms. The van der Waals surface area contributed by atoms with Crippen LogP contribution in [0.15, 0.2) is 29.8 Å². The molecule has 1 aromatic carbocycles. The SMILES string of the molecule is C.C=Cc1cccc(C)c1N=CC. The van der Waals surface area contributed by atoms with Gasteiger partial charge in [-0.05, 0) is 25.0 Å². The molecule has 1 rings (SSSR count). The van der Waals surface area contributed by atoms with Crippen molar-refractivity contribution in [3.05, 3.63) is 35.9 Å². The molecule has 0 spiro atoms. The third kappa shape index (κ3) is 2.55. The van der Waals surface area contributed by atoms with Gasteiger partial charge in [0.25, 0.3) is 0 Å². The van der Waals surface area contributed by atoms with E-state index in [4.69, 9.17) is 0 Å². The number of nitrogens with zero attached hydrogens (tertiary/aromatic N) is 1. The Bertz CT molecular complexity index is 311. The van der Waals surface area contributed by atoms with Crippen molar-refractivity contribution in [3.8, 4) is 0 Å². The lowest BCUT2D eigenvalue weighted by atomic mass is 10.1. The first-order valence-corrected chi connectivity index (χ1v) is 4.00. The summed E-state index contributed by atoms with van der Waals surface area (Å²) in [7, 11) is 0. The number of benzene rings is 1. The van der Waals surface area contributed by atoms with Gasteiger partial charge in [-0.2, -0.15) is 0 Å². The second-order valence-corrected chi connectivity index (χ2v) is 2.60. The first kappa shape index (κ1) is 11.6. The van der Waals surface area contributed by atoms with Gasteiger partial charge in [0, 0.05) is 6.21 Å². The fourth-order valence-corrected chi connectivity index (χ4v) is 1.15. The molecule has 0 aliphatic heterocycles. The molecule has 0 saturated heterocycles. The normalized spacial score (nSPS) is 9.69. The largest absolute Gasteiger partial charge is 0.261 e. The topological polar surface area (TPSA) is 12.4 Å². The van der Waals surface area contributed by atoms with E-state index in [2.05, 4.69) is 24.6 Å². The van der Waals surface area contributed by atoms with Gasteiger partial charge >= 0.3 is 0 Å². The van der Waals surface area contributed by atoms with E-state index >= 15 is 0 Å². The summed E-state index contributed by atoms with van der Waals surface area (Å²) in [6, 6.07) is 6.08. The van der Waals surface area contributed by atoms with Crippen LogP contribution in [0.5, 0.6) is 0 Å². The van der Waals surface area contributed by atoms with E-state index in [1.165, 1.54) is 5.56 Å². The van der Waals surface area contributed by atoms with E-state index in [0.717, 1.165) is 11.3 Å². The molecule has 0 unspecified atom stereocenters. The van der Waals surface area contributed by atoms with Crippen molar-refractivity contribution in [2.75, 3.05) is 0 Å². The third-order valence-corrected chi connectivity index (χ3v) is 1.75. The van der Waals surface area contributed by atoms with Crippen LogP contribution < -0.4 is 0 Å². The molecule has 0 fully saturated rings. The summed E-state index contributed by atoms with van der Waals surface area (Å²) in [6.07, 6.45) is 3.63. The zero-order chi connectivity index (χ0) is 8.97. The van der Waals surface area contributed by atoms with Crippen LogP contribution in [0.2, 0.25) is 0 Å². The molecule has 13 heavy (non-hydrogen) atoms. The smallest absolute Gasteiger partial charge is 0.0726 e. The minimum absolute atomic E-state index is 0. The fourth-order valence-electron chi connectivity index (χ4n) is 1.15. The molecule has 0 aliphatic carbocycles. The molecule has 1 nitrogen and oxygen atoms in total. The van der Waals surface area contributed by atoms with Crippen molar-refractivity contribution in [3.63, 3.8) is 0 Å². The maximum Gasteiger partial charge on any atom is 0.0726 e. The molecule has 0 aliphatic rings. The van der Waals surface area contributed by atoms with Crippen molar-refractivity contribution in [2.24, 2.45) is 4.99 Å². The van der Waals surface area contributed by atoms with Crippen molar-refractivity contribution in [1.29, 1.82) is 0 Å². The molecule has 70 valence electrons. The van der Waals surface area contributed by atoms with Gasteiger partial charge in [0.1, 0.15) is 0 Å². The minimum atomic E-state index is 0.